The highest BCUT2D eigenvalue weighted by Crippen LogP contribution is 2.25. The molecule has 142 valence electrons. The third-order valence-corrected chi connectivity index (χ3v) is 4.86. The quantitative estimate of drug-likeness (QED) is 0.203. The van der Waals surface area contributed by atoms with Crippen LogP contribution in [0, 0.1) is 5.82 Å². The van der Waals surface area contributed by atoms with Gasteiger partial charge in [0.15, 0.2) is 23.1 Å². The molecule has 0 aliphatic rings. The fraction of sp³-hybridized carbons (Fsp3) is 0. The van der Waals surface area contributed by atoms with Crippen LogP contribution in [0.4, 0.5) is 10.1 Å². The number of benzene rings is 3. The maximum atomic E-state index is 13.3. The minimum atomic E-state index is -0.369. The van der Waals surface area contributed by atoms with Crippen LogP contribution in [0.5, 0.6) is 0 Å². The van der Waals surface area contributed by atoms with Gasteiger partial charge in [0.1, 0.15) is 5.82 Å². The van der Waals surface area contributed by atoms with E-state index in [4.69, 9.17) is 12.2 Å². The summed E-state index contributed by atoms with van der Waals surface area (Å²) < 4.78 is 15.1. The molecule has 1 aromatic heterocycles. The minimum Gasteiger partial charge on any atom is -0.502 e. The van der Waals surface area contributed by atoms with Crippen LogP contribution in [0.2, 0.25) is 0 Å². The van der Waals surface area contributed by atoms with Crippen molar-refractivity contribution >= 4 is 45.1 Å². The normalized spacial score (nSPS) is 11.8. The summed E-state index contributed by atoms with van der Waals surface area (Å²) >= 11 is 5.68. The SMILES string of the molecule is O/C(=C(\C(=S)Nc1cccc2ccccc12)[n+]1ccccc1)c1ccc(F)cc1. The lowest BCUT2D eigenvalue weighted by atomic mass is 10.1. The van der Waals surface area contributed by atoms with E-state index in [1.165, 1.54) is 24.3 Å². The number of nitrogens with zero attached hydrogens (tertiary/aromatic N) is 1. The third-order valence-electron chi connectivity index (χ3n) is 4.57. The van der Waals surface area contributed by atoms with Gasteiger partial charge in [0.05, 0.1) is 0 Å². The van der Waals surface area contributed by atoms with E-state index >= 15 is 0 Å². The molecule has 0 radical (unpaired) electrons. The number of anilines is 1. The van der Waals surface area contributed by atoms with E-state index < -0.39 is 0 Å². The van der Waals surface area contributed by atoms with Crippen LogP contribution < -0.4 is 9.88 Å². The molecule has 4 aromatic rings. The highest BCUT2D eigenvalue weighted by atomic mass is 32.1. The maximum absolute atomic E-state index is 13.3. The molecular formula is C24H18FN2OS+. The predicted octanol–water partition coefficient (Wildman–Crippen LogP) is 5.59. The fourth-order valence-corrected chi connectivity index (χ4v) is 3.47. The van der Waals surface area contributed by atoms with Crippen LogP contribution in [-0.2, 0) is 0 Å². The summed E-state index contributed by atoms with van der Waals surface area (Å²) in [6.07, 6.45) is 3.60. The molecule has 0 saturated carbocycles. The smallest absolute Gasteiger partial charge is 0.288 e. The van der Waals surface area contributed by atoms with Crippen LogP contribution in [-0.4, -0.2) is 10.1 Å². The number of aliphatic hydroxyl groups excluding tert-OH is 1. The lowest BCUT2D eigenvalue weighted by molar-refractivity contribution is -0.575. The molecule has 4 rings (SSSR count). The van der Waals surface area contributed by atoms with Crippen molar-refractivity contribution < 1.29 is 14.1 Å². The van der Waals surface area contributed by atoms with Gasteiger partial charge >= 0.3 is 0 Å². The Morgan fingerprint density at radius 1 is 0.828 bits per heavy atom. The van der Waals surface area contributed by atoms with E-state index in [0.29, 0.717) is 16.2 Å². The predicted molar refractivity (Wildman–Crippen MR) is 119 cm³/mol. The summed E-state index contributed by atoms with van der Waals surface area (Å²) in [5, 5.41) is 16.4. The first-order valence-corrected chi connectivity index (χ1v) is 9.49. The zero-order valence-electron chi connectivity index (χ0n) is 15.4. The Balaban J connectivity index is 1.80. The molecule has 0 aliphatic carbocycles. The molecule has 2 N–H and O–H groups in total. The number of nitrogens with one attached hydrogen (secondary N) is 1. The number of rotatable bonds is 4. The molecule has 0 bridgehead atoms. The minimum absolute atomic E-state index is 0.0427. The Bertz CT molecular complexity index is 1200. The molecule has 0 atom stereocenters. The van der Waals surface area contributed by atoms with E-state index in [2.05, 4.69) is 5.32 Å². The number of aromatic nitrogens is 1. The molecular weight excluding hydrogens is 383 g/mol. The average molecular weight is 401 g/mol. The van der Waals surface area contributed by atoms with Gasteiger partial charge < -0.3 is 10.4 Å². The second-order valence-electron chi connectivity index (χ2n) is 6.47. The Kier molecular flexibility index (Phi) is 5.31. The van der Waals surface area contributed by atoms with Crippen molar-refractivity contribution in [2.24, 2.45) is 0 Å². The topological polar surface area (TPSA) is 36.1 Å². The molecule has 0 fully saturated rings. The molecule has 29 heavy (non-hydrogen) atoms. The van der Waals surface area contributed by atoms with Crippen LogP contribution in [0.3, 0.4) is 0 Å². The van der Waals surface area contributed by atoms with Gasteiger partial charge in [0, 0.05) is 28.8 Å². The largest absolute Gasteiger partial charge is 0.502 e. The molecule has 0 aliphatic heterocycles. The highest BCUT2D eigenvalue weighted by Gasteiger charge is 2.24. The lowest BCUT2D eigenvalue weighted by Crippen LogP contribution is -2.38. The fourth-order valence-electron chi connectivity index (χ4n) is 3.16. The summed E-state index contributed by atoms with van der Waals surface area (Å²) in [6, 6.07) is 25.1. The summed E-state index contributed by atoms with van der Waals surface area (Å²) in [5.74, 6) is -0.411. The number of hydrogen-bond acceptors (Lipinski definition) is 2. The zero-order valence-corrected chi connectivity index (χ0v) is 16.2. The van der Waals surface area contributed by atoms with Crippen LogP contribution in [0.1, 0.15) is 5.56 Å². The molecule has 5 heteroatoms. The summed E-state index contributed by atoms with van der Waals surface area (Å²) in [4.78, 5) is 0.347. The Morgan fingerprint density at radius 2 is 1.52 bits per heavy atom. The Morgan fingerprint density at radius 3 is 2.28 bits per heavy atom. The lowest BCUT2D eigenvalue weighted by Gasteiger charge is -2.12. The molecule has 3 nitrogen and oxygen atoms in total. The van der Waals surface area contributed by atoms with E-state index in [0.717, 1.165) is 16.5 Å². The molecule has 0 amide bonds. The van der Waals surface area contributed by atoms with Crippen molar-refractivity contribution in [3.05, 3.63) is 109 Å². The summed E-state index contributed by atoms with van der Waals surface area (Å²) in [7, 11) is 0. The van der Waals surface area contributed by atoms with Crippen molar-refractivity contribution in [1.29, 1.82) is 0 Å². The van der Waals surface area contributed by atoms with Crippen LogP contribution in [0.15, 0.2) is 97.3 Å². The van der Waals surface area contributed by atoms with Crippen molar-refractivity contribution in [2.75, 3.05) is 5.32 Å². The molecule has 0 unspecified atom stereocenters. The Hall–Kier alpha value is -3.57. The molecule has 0 spiro atoms. The van der Waals surface area contributed by atoms with Gasteiger partial charge in [-0.3, -0.25) is 0 Å². The first-order chi connectivity index (χ1) is 14.1. The number of pyridine rings is 1. The van der Waals surface area contributed by atoms with Gasteiger partial charge in [-0.05, 0) is 35.7 Å². The molecule has 0 saturated heterocycles. The maximum Gasteiger partial charge on any atom is 0.288 e. The molecule has 3 aromatic carbocycles. The summed E-state index contributed by atoms with van der Waals surface area (Å²) in [6.45, 7) is 0. The van der Waals surface area contributed by atoms with Crippen LogP contribution in [0.25, 0.3) is 22.2 Å². The van der Waals surface area contributed by atoms with Gasteiger partial charge in [-0.1, -0.05) is 54.7 Å². The molecule has 1 heterocycles. The van der Waals surface area contributed by atoms with E-state index in [9.17, 15) is 9.50 Å². The van der Waals surface area contributed by atoms with Gasteiger partial charge in [-0.2, -0.15) is 4.57 Å². The number of thiocarbonyl (C=S) groups is 1. The highest BCUT2D eigenvalue weighted by molar-refractivity contribution is 7.81. The van der Waals surface area contributed by atoms with Gasteiger partial charge in [0.25, 0.3) is 5.70 Å². The number of aliphatic hydroxyl groups is 1. The number of halogens is 1. The average Bonchev–Trinajstić information content (AvgIpc) is 2.75. The second-order valence-corrected chi connectivity index (χ2v) is 6.88. The second kappa shape index (κ2) is 8.20. The van der Waals surface area contributed by atoms with E-state index in [-0.39, 0.29) is 11.6 Å². The third kappa shape index (κ3) is 4.00. The number of hydrogen-bond donors (Lipinski definition) is 2. The van der Waals surface area contributed by atoms with Gasteiger partial charge in [-0.25, -0.2) is 4.39 Å². The van der Waals surface area contributed by atoms with E-state index in [1.807, 2.05) is 60.7 Å². The Labute approximate surface area is 173 Å². The number of fused-ring (bicyclic) bond motifs is 1. The van der Waals surface area contributed by atoms with Crippen molar-refractivity contribution in [1.82, 2.24) is 0 Å². The van der Waals surface area contributed by atoms with Crippen molar-refractivity contribution in [3.8, 4) is 0 Å². The van der Waals surface area contributed by atoms with Gasteiger partial charge in [0.2, 0.25) is 0 Å². The zero-order chi connectivity index (χ0) is 20.2. The van der Waals surface area contributed by atoms with E-state index in [1.54, 1.807) is 17.0 Å². The van der Waals surface area contributed by atoms with Gasteiger partial charge in [-0.15, -0.1) is 0 Å². The van der Waals surface area contributed by atoms with Crippen molar-refractivity contribution in [3.63, 3.8) is 0 Å². The standard InChI is InChI=1S/C24H17FN2OS/c25-19-13-11-18(12-14-19)23(28)22(27-15-4-1-5-16-27)24(29)26-21-10-6-8-17-7-2-3-9-20(17)21/h1-16H,(H-,26,28,29)/p+1. The summed E-state index contributed by atoms with van der Waals surface area (Å²) in [5.41, 5.74) is 1.72. The first kappa shape index (κ1) is 18.8. The van der Waals surface area contributed by atoms with Crippen LogP contribution >= 0.6 is 12.2 Å². The first-order valence-electron chi connectivity index (χ1n) is 9.08. The monoisotopic (exact) mass is 401 g/mol. The van der Waals surface area contributed by atoms with Crippen molar-refractivity contribution in [2.45, 2.75) is 0 Å².